The van der Waals surface area contributed by atoms with Crippen LogP contribution in [0.3, 0.4) is 0 Å². The number of aromatic nitrogens is 3. The normalized spacial score (nSPS) is 12.0. The molecule has 1 atom stereocenters. The number of aromatic amines is 1. The third kappa shape index (κ3) is 5.69. The molecule has 0 spiro atoms. The van der Waals surface area contributed by atoms with Crippen molar-refractivity contribution in [2.75, 3.05) is 7.11 Å². The summed E-state index contributed by atoms with van der Waals surface area (Å²) in [6.07, 6.45) is 4.92. The van der Waals surface area contributed by atoms with E-state index in [4.69, 9.17) is 17.0 Å². The monoisotopic (exact) mass is 376 g/mol. The molecule has 1 aromatic carbocycles. The molecule has 1 unspecified atom stereocenters. The summed E-state index contributed by atoms with van der Waals surface area (Å²) >= 11 is 5.32. The molecule has 1 heterocycles. The van der Waals surface area contributed by atoms with Gasteiger partial charge < -0.3 is 10.1 Å². The van der Waals surface area contributed by atoms with E-state index in [-0.39, 0.29) is 11.9 Å². The van der Waals surface area contributed by atoms with E-state index < -0.39 is 0 Å². The van der Waals surface area contributed by atoms with E-state index in [0.717, 1.165) is 30.0 Å². The zero-order valence-corrected chi connectivity index (χ0v) is 16.6. The van der Waals surface area contributed by atoms with E-state index >= 15 is 0 Å². The van der Waals surface area contributed by atoms with Gasteiger partial charge in [-0.2, -0.15) is 5.10 Å². The topological polar surface area (TPSA) is 71.9 Å². The number of amides is 1. The number of hydrogen-bond acceptors (Lipinski definition) is 4. The summed E-state index contributed by atoms with van der Waals surface area (Å²) in [5.74, 6) is 1.55. The van der Waals surface area contributed by atoms with Gasteiger partial charge in [-0.15, -0.1) is 0 Å². The molecule has 0 radical (unpaired) electrons. The summed E-state index contributed by atoms with van der Waals surface area (Å²) in [6, 6.07) is 7.81. The van der Waals surface area contributed by atoms with Crippen molar-refractivity contribution in [3.05, 3.63) is 29.0 Å². The Labute approximate surface area is 160 Å². The largest absolute Gasteiger partial charge is 0.497 e. The second-order valence-electron chi connectivity index (χ2n) is 6.45. The minimum Gasteiger partial charge on any atom is -0.497 e. The third-order valence-corrected chi connectivity index (χ3v) is 4.63. The minimum absolute atomic E-state index is 0.0396. The zero-order valence-electron chi connectivity index (χ0n) is 15.7. The molecule has 1 amide bonds. The number of benzene rings is 1. The van der Waals surface area contributed by atoms with Gasteiger partial charge in [0, 0.05) is 24.6 Å². The molecule has 0 saturated carbocycles. The van der Waals surface area contributed by atoms with Crippen molar-refractivity contribution in [2.24, 2.45) is 0 Å². The van der Waals surface area contributed by atoms with Crippen LogP contribution >= 0.6 is 12.2 Å². The number of nitrogens with zero attached hydrogens (tertiary/aromatic N) is 2. The number of carbonyl (C=O) groups is 1. The summed E-state index contributed by atoms with van der Waals surface area (Å²) in [7, 11) is 1.63. The summed E-state index contributed by atoms with van der Waals surface area (Å²) in [4.78, 5) is 12.2. The van der Waals surface area contributed by atoms with Gasteiger partial charge in [0.25, 0.3) is 0 Å². The maximum atomic E-state index is 12.2. The Morgan fingerprint density at radius 2 is 2.08 bits per heavy atom. The summed E-state index contributed by atoms with van der Waals surface area (Å²) in [5, 5.41) is 10.2. The molecule has 7 heteroatoms. The van der Waals surface area contributed by atoms with Gasteiger partial charge in [-0.3, -0.25) is 14.5 Å². The fourth-order valence-electron chi connectivity index (χ4n) is 2.82. The van der Waals surface area contributed by atoms with Gasteiger partial charge in [0.1, 0.15) is 5.75 Å². The van der Waals surface area contributed by atoms with E-state index in [2.05, 4.69) is 29.4 Å². The molecule has 0 bridgehead atoms. The van der Waals surface area contributed by atoms with Gasteiger partial charge >= 0.3 is 0 Å². The molecule has 142 valence electrons. The Bertz CT molecular complexity index is 752. The van der Waals surface area contributed by atoms with Gasteiger partial charge in [0.05, 0.1) is 7.11 Å². The molecule has 0 aliphatic rings. The first-order valence-corrected chi connectivity index (χ1v) is 9.55. The number of carbonyl (C=O) groups excluding carboxylic acids is 1. The Morgan fingerprint density at radius 3 is 2.73 bits per heavy atom. The van der Waals surface area contributed by atoms with Crippen LogP contribution in [0.15, 0.2) is 24.3 Å². The standard InChI is InChI=1S/C19H28N4O2S/c1-4-5-6-7-14(2)20-17(24)12-13-23-18(21-22-19(23)26)15-8-10-16(25-3)11-9-15/h8-11,14H,4-7,12-13H2,1-3H3,(H,20,24)(H,22,26). The summed E-state index contributed by atoms with van der Waals surface area (Å²) in [6.45, 7) is 4.72. The average Bonchev–Trinajstić information content (AvgIpc) is 3.01. The number of rotatable bonds is 10. The highest BCUT2D eigenvalue weighted by Crippen LogP contribution is 2.21. The molecule has 26 heavy (non-hydrogen) atoms. The second-order valence-corrected chi connectivity index (χ2v) is 6.83. The molecule has 0 fully saturated rings. The number of hydrogen-bond donors (Lipinski definition) is 2. The van der Waals surface area contributed by atoms with E-state index in [1.807, 2.05) is 28.8 Å². The molecule has 0 aliphatic heterocycles. The smallest absolute Gasteiger partial charge is 0.222 e. The Kier molecular flexibility index (Phi) is 7.84. The first kappa shape index (κ1) is 20.2. The van der Waals surface area contributed by atoms with Gasteiger partial charge in [-0.1, -0.05) is 26.2 Å². The predicted octanol–water partition coefficient (Wildman–Crippen LogP) is 4.09. The van der Waals surface area contributed by atoms with Crippen molar-refractivity contribution in [2.45, 2.75) is 58.5 Å². The number of methoxy groups -OCH3 is 1. The lowest BCUT2D eigenvalue weighted by molar-refractivity contribution is -0.121. The van der Waals surface area contributed by atoms with Crippen molar-refractivity contribution < 1.29 is 9.53 Å². The lowest BCUT2D eigenvalue weighted by Crippen LogP contribution is -2.33. The maximum absolute atomic E-state index is 12.2. The first-order valence-electron chi connectivity index (χ1n) is 9.14. The van der Waals surface area contributed by atoms with Crippen LogP contribution in [0, 0.1) is 4.77 Å². The number of nitrogens with one attached hydrogen (secondary N) is 2. The van der Waals surface area contributed by atoms with Crippen molar-refractivity contribution in [3.8, 4) is 17.1 Å². The highest BCUT2D eigenvalue weighted by molar-refractivity contribution is 7.71. The van der Waals surface area contributed by atoms with E-state index in [0.29, 0.717) is 17.7 Å². The number of ether oxygens (including phenoxy) is 1. The molecule has 0 saturated heterocycles. The zero-order chi connectivity index (χ0) is 18.9. The van der Waals surface area contributed by atoms with Crippen LogP contribution in [0.2, 0.25) is 0 Å². The van der Waals surface area contributed by atoms with Crippen LogP contribution in [-0.4, -0.2) is 33.8 Å². The quantitative estimate of drug-likeness (QED) is 0.484. The fraction of sp³-hybridized carbons (Fsp3) is 0.526. The molecular formula is C19H28N4O2S. The summed E-state index contributed by atoms with van der Waals surface area (Å²) in [5.41, 5.74) is 0.923. The number of H-pyrrole nitrogens is 1. The fourth-order valence-corrected chi connectivity index (χ4v) is 3.04. The van der Waals surface area contributed by atoms with Crippen LogP contribution in [-0.2, 0) is 11.3 Å². The molecule has 1 aromatic heterocycles. The van der Waals surface area contributed by atoms with E-state index in [1.165, 1.54) is 12.8 Å². The molecular weight excluding hydrogens is 348 g/mol. The van der Waals surface area contributed by atoms with Crippen LogP contribution in [0.4, 0.5) is 0 Å². The van der Waals surface area contributed by atoms with Crippen molar-refractivity contribution in [1.29, 1.82) is 0 Å². The molecule has 2 aromatic rings. The van der Waals surface area contributed by atoms with E-state index in [1.54, 1.807) is 7.11 Å². The third-order valence-electron chi connectivity index (χ3n) is 4.32. The van der Waals surface area contributed by atoms with Crippen LogP contribution in [0.25, 0.3) is 11.4 Å². The van der Waals surface area contributed by atoms with E-state index in [9.17, 15) is 4.79 Å². The highest BCUT2D eigenvalue weighted by Gasteiger charge is 2.12. The Morgan fingerprint density at radius 1 is 1.35 bits per heavy atom. The van der Waals surface area contributed by atoms with Crippen molar-refractivity contribution in [3.63, 3.8) is 0 Å². The van der Waals surface area contributed by atoms with Crippen LogP contribution in [0.1, 0.15) is 46.0 Å². The molecule has 2 N–H and O–H groups in total. The Balaban J connectivity index is 1.96. The number of unbranched alkanes of at least 4 members (excludes halogenated alkanes) is 2. The van der Waals surface area contributed by atoms with Crippen molar-refractivity contribution >= 4 is 18.1 Å². The predicted molar refractivity (Wildman–Crippen MR) is 106 cm³/mol. The minimum atomic E-state index is 0.0396. The van der Waals surface area contributed by atoms with Gasteiger partial charge in [-0.25, -0.2) is 0 Å². The lowest BCUT2D eigenvalue weighted by atomic mass is 10.1. The average molecular weight is 377 g/mol. The second kappa shape index (κ2) is 10.1. The van der Waals surface area contributed by atoms with Crippen LogP contribution < -0.4 is 10.1 Å². The van der Waals surface area contributed by atoms with Gasteiger partial charge in [-0.05, 0) is 49.8 Å². The van der Waals surface area contributed by atoms with Crippen molar-refractivity contribution in [1.82, 2.24) is 20.1 Å². The van der Waals surface area contributed by atoms with Gasteiger partial charge in [0.15, 0.2) is 10.6 Å². The first-order chi connectivity index (χ1) is 12.5. The highest BCUT2D eigenvalue weighted by atomic mass is 32.1. The molecule has 6 nitrogen and oxygen atoms in total. The maximum Gasteiger partial charge on any atom is 0.222 e. The summed E-state index contributed by atoms with van der Waals surface area (Å²) < 4.78 is 7.56. The lowest BCUT2D eigenvalue weighted by Gasteiger charge is -2.14. The van der Waals surface area contributed by atoms with Crippen LogP contribution in [0.5, 0.6) is 5.75 Å². The SMILES string of the molecule is CCCCCC(C)NC(=O)CCn1c(-c2ccc(OC)cc2)n[nH]c1=S. The Hall–Kier alpha value is -2.15. The van der Waals surface area contributed by atoms with Gasteiger partial charge in [0.2, 0.25) is 5.91 Å². The molecule has 0 aliphatic carbocycles. The molecule has 2 rings (SSSR count).